The first-order valence-corrected chi connectivity index (χ1v) is 9.43. The number of aliphatic hydroxyl groups is 1. The average Bonchev–Trinajstić information content (AvgIpc) is 2.64. The van der Waals surface area contributed by atoms with Crippen molar-refractivity contribution >= 4 is 5.91 Å². The summed E-state index contributed by atoms with van der Waals surface area (Å²) in [5.74, 6) is -0.194. The third-order valence-corrected chi connectivity index (χ3v) is 5.12. The van der Waals surface area contributed by atoms with Gasteiger partial charge in [-0.05, 0) is 50.1 Å². The van der Waals surface area contributed by atoms with Crippen LogP contribution in [0.25, 0.3) is 0 Å². The number of carbonyl (C=O) groups is 1. The molecule has 5 heteroatoms. The lowest BCUT2D eigenvalue weighted by molar-refractivity contribution is 0.0395. The van der Waals surface area contributed by atoms with Crippen LogP contribution in [-0.2, 0) is 6.54 Å². The maximum atomic E-state index is 13.1. The van der Waals surface area contributed by atoms with Gasteiger partial charge in [0, 0.05) is 44.4 Å². The van der Waals surface area contributed by atoms with Crippen LogP contribution >= 0.6 is 0 Å². The van der Waals surface area contributed by atoms with Gasteiger partial charge in [-0.15, -0.1) is 0 Å². The van der Waals surface area contributed by atoms with E-state index in [2.05, 4.69) is 11.0 Å². The predicted molar refractivity (Wildman–Crippen MR) is 104 cm³/mol. The van der Waals surface area contributed by atoms with Gasteiger partial charge in [0.2, 0.25) is 0 Å². The molecule has 0 radical (unpaired) electrons. The van der Waals surface area contributed by atoms with Gasteiger partial charge in [0.25, 0.3) is 5.91 Å². The molecule has 144 valence electrons. The molecule has 1 aliphatic heterocycles. The number of carbonyl (C=O) groups excluding carboxylic acids is 1. The van der Waals surface area contributed by atoms with Gasteiger partial charge in [-0.25, -0.2) is 4.39 Å². The smallest absolute Gasteiger partial charge is 0.253 e. The Morgan fingerprint density at radius 1 is 1.11 bits per heavy atom. The quantitative estimate of drug-likeness (QED) is 0.879. The molecule has 2 aromatic rings. The molecular weight excluding hydrogens is 343 g/mol. The van der Waals surface area contributed by atoms with E-state index < -0.39 is 0 Å². The second kappa shape index (κ2) is 8.63. The number of hydrogen-bond acceptors (Lipinski definition) is 3. The molecule has 27 heavy (non-hydrogen) atoms. The molecule has 0 spiro atoms. The van der Waals surface area contributed by atoms with Crippen LogP contribution in [-0.4, -0.2) is 53.1 Å². The second-order valence-corrected chi connectivity index (χ2v) is 7.39. The van der Waals surface area contributed by atoms with Gasteiger partial charge in [-0.3, -0.25) is 9.69 Å². The lowest BCUT2D eigenvalue weighted by Crippen LogP contribution is -2.54. The van der Waals surface area contributed by atoms with Crippen molar-refractivity contribution in [2.45, 2.75) is 32.9 Å². The molecule has 1 amide bonds. The van der Waals surface area contributed by atoms with Crippen molar-refractivity contribution in [1.29, 1.82) is 0 Å². The summed E-state index contributed by atoms with van der Waals surface area (Å²) >= 11 is 0. The number of amides is 1. The van der Waals surface area contributed by atoms with Gasteiger partial charge in [0.1, 0.15) is 5.82 Å². The first-order valence-electron chi connectivity index (χ1n) is 9.43. The zero-order valence-corrected chi connectivity index (χ0v) is 16.0. The lowest BCUT2D eigenvalue weighted by atomic mass is 10.0. The van der Waals surface area contributed by atoms with Crippen molar-refractivity contribution < 1.29 is 14.3 Å². The standard InChI is InChI=1S/C22H27FN2O2/c1-16-11-17(2)13-19(12-16)22(27)25-9-8-24(21(15-25)7-10-26)14-18-3-5-20(23)6-4-18/h3-6,11-13,21,26H,7-10,14-15H2,1-2H3. The van der Waals surface area contributed by atoms with E-state index >= 15 is 0 Å². The Morgan fingerprint density at radius 3 is 2.41 bits per heavy atom. The molecule has 1 fully saturated rings. The summed E-state index contributed by atoms with van der Waals surface area (Å²) in [6.45, 7) is 6.74. The van der Waals surface area contributed by atoms with Crippen molar-refractivity contribution in [2.75, 3.05) is 26.2 Å². The predicted octanol–water partition coefficient (Wildman–Crippen LogP) is 3.15. The topological polar surface area (TPSA) is 43.8 Å². The summed E-state index contributed by atoms with van der Waals surface area (Å²) in [6.07, 6.45) is 0.609. The minimum absolute atomic E-state index is 0.0474. The van der Waals surface area contributed by atoms with Gasteiger partial charge in [-0.1, -0.05) is 29.3 Å². The summed E-state index contributed by atoms with van der Waals surface area (Å²) < 4.78 is 13.1. The Kier molecular flexibility index (Phi) is 6.24. The molecule has 0 aromatic heterocycles. The van der Waals surface area contributed by atoms with Crippen LogP contribution in [0.15, 0.2) is 42.5 Å². The van der Waals surface area contributed by atoms with Crippen LogP contribution in [0.5, 0.6) is 0 Å². The van der Waals surface area contributed by atoms with E-state index in [0.29, 0.717) is 26.1 Å². The zero-order valence-electron chi connectivity index (χ0n) is 16.0. The monoisotopic (exact) mass is 370 g/mol. The Labute approximate surface area is 160 Å². The highest BCUT2D eigenvalue weighted by molar-refractivity contribution is 5.94. The van der Waals surface area contributed by atoms with Crippen LogP contribution in [0.1, 0.15) is 33.5 Å². The fourth-order valence-corrected chi connectivity index (χ4v) is 3.81. The number of halogens is 1. The molecule has 3 rings (SSSR count). The molecule has 1 saturated heterocycles. The van der Waals surface area contributed by atoms with Crippen LogP contribution in [0.2, 0.25) is 0 Å². The summed E-state index contributed by atoms with van der Waals surface area (Å²) in [7, 11) is 0. The minimum Gasteiger partial charge on any atom is -0.396 e. The third-order valence-electron chi connectivity index (χ3n) is 5.12. The van der Waals surface area contributed by atoms with E-state index in [0.717, 1.165) is 28.8 Å². The number of piperazine rings is 1. The normalized spacial score (nSPS) is 17.9. The largest absolute Gasteiger partial charge is 0.396 e. The molecule has 0 aliphatic carbocycles. The molecule has 2 aromatic carbocycles. The Bertz CT molecular complexity index is 771. The Hall–Kier alpha value is -2.24. The first kappa shape index (κ1) is 19.5. The van der Waals surface area contributed by atoms with Crippen LogP contribution in [0.4, 0.5) is 4.39 Å². The summed E-state index contributed by atoms with van der Waals surface area (Å²) in [5.41, 5.74) is 3.93. The highest BCUT2D eigenvalue weighted by atomic mass is 19.1. The number of aryl methyl sites for hydroxylation is 2. The molecule has 1 N–H and O–H groups in total. The zero-order chi connectivity index (χ0) is 19.4. The molecule has 1 unspecified atom stereocenters. The number of rotatable bonds is 5. The highest BCUT2D eigenvalue weighted by Crippen LogP contribution is 2.19. The number of benzene rings is 2. The Balaban J connectivity index is 1.71. The fourth-order valence-electron chi connectivity index (χ4n) is 3.81. The lowest BCUT2D eigenvalue weighted by Gasteiger charge is -2.41. The van der Waals surface area contributed by atoms with Crippen molar-refractivity contribution in [1.82, 2.24) is 9.80 Å². The van der Waals surface area contributed by atoms with Crippen molar-refractivity contribution in [3.8, 4) is 0 Å². The number of aliphatic hydroxyl groups excluding tert-OH is 1. The molecule has 1 heterocycles. The molecule has 0 saturated carbocycles. The fraction of sp³-hybridized carbons (Fsp3) is 0.409. The van der Waals surface area contributed by atoms with Gasteiger partial charge in [0.15, 0.2) is 0 Å². The summed E-state index contributed by atoms with van der Waals surface area (Å²) in [4.78, 5) is 17.1. The van der Waals surface area contributed by atoms with Crippen LogP contribution in [0.3, 0.4) is 0 Å². The van der Waals surface area contributed by atoms with Gasteiger partial charge in [0.05, 0.1) is 0 Å². The molecular formula is C22H27FN2O2. The average molecular weight is 370 g/mol. The van der Waals surface area contributed by atoms with Crippen molar-refractivity contribution in [3.05, 3.63) is 70.5 Å². The van der Waals surface area contributed by atoms with Crippen molar-refractivity contribution in [2.24, 2.45) is 0 Å². The van der Waals surface area contributed by atoms with E-state index in [1.165, 1.54) is 12.1 Å². The van der Waals surface area contributed by atoms with Gasteiger partial charge >= 0.3 is 0 Å². The number of hydrogen-bond donors (Lipinski definition) is 1. The van der Waals surface area contributed by atoms with E-state index in [1.807, 2.05) is 30.9 Å². The first-order chi connectivity index (χ1) is 13.0. The van der Waals surface area contributed by atoms with E-state index in [9.17, 15) is 14.3 Å². The molecule has 1 aliphatic rings. The van der Waals surface area contributed by atoms with E-state index in [1.54, 1.807) is 12.1 Å². The minimum atomic E-state index is -0.241. The Morgan fingerprint density at radius 2 is 1.78 bits per heavy atom. The highest BCUT2D eigenvalue weighted by Gasteiger charge is 2.29. The third kappa shape index (κ3) is 4.93. The SMILES string of the molecule is Cc1cc(C)cc(C(=O)N2CCN(Cc3ccc(F)cc3)C(CCO)C2)c1. The molecule has 1 atom stereocenters. The van der Waals surface area contributed by atoms with E-state index in [4.69, 9.17) is 0 Å². The van der Waals surface area contributed by atoms with Crippen LogP contribution in [0, 0.1) is 19.7 Å². The number of nitrogens with zero attached hydrogens (tertiary/aromatic N) is 2. The summed E-state index contributed by atoms with van der Waals surface area (Å²) in [5, 5.41) is 9.47. The molecule has 4 nitrogen and oxygen atoms in total. The molecule has 0 bridgehead atoms. The van der Waals surface area contributed by atoms with Crippen molar-refractivity contribution in [3.63, 3.8) is 0 Å². The second-order valence-electron chi connectivity index (χ2n) is 7.39. The van der Waals surface area contributed by atoms with E-state index in [-0.39, 0.29) is 24.4 Å². The van der Waals surface area contributed by atoms with Gasteiger partial charge in [-0.2, -0.15) is 0 Å². The maximum Gasteiger partial charge on any atom is 0.253 e. The maximum absolute atomic E-state index is 13.1. The van der Waals surface area contributed by atoms with Gasteiger partial charge < -0.3 is 10.0 Å². The van der Waals surface area contributed by atoms with Crippen LogP contribution < -0.4 is 0 Å². The summed E-state index contributed by atoms with van der Waals surface area (Å²) in [6, 6.07) is 12.5.